The quantitative estimate of drug-likeness (QED) is 0.911. The van der Waals surface area contributed by atoms with Gasteiger partial charge in [0, 0.05) is 23.3 Å². The molecule has 0 saturated carbocycles. The van der Waals surface area contributed by atoms with Crippen LogP contribution in [-0.4, -0.2) is 30.4 Å². The fourth-order valence-electron chi connectivity index (χ4n) is 3.40. The van der Waals surface area contributed by atoms with Crippen LogP contribution in [0.25, 0.3) is 0 Å². The van der Waals surface area contributed by atoms with Crippen LogP contribution in [0.4, 0.5) is 0 Å². The third-order valence-electron chi connectivity index (χ3n) is 4.87. The van der Waals surface area contributed by atoms with Crippen LogP contribution in [0.2, 0.25) is 0 Å². The molecular formula is C16H24N2OS. The Labute approximate surface area is 125 Å². The molecule has 20 heavy (non-hydrogen) atoms. The highest BCUT2D eigenvalue weighted by Crippen LogP contribution is 2.33. The molecule has 0 aromatic carbocycles. The summed E-state index contributed by atoms with van der Waals surface area (Å²) in [5, 5.41) is 2.10. The molecule has 3 rings (SSSR count). The van der Waals surface area contributed by atoms with Gasteiger partial charge >= 0.3 is 0 Å². The number of nitrogens with two attached hydrogens (primary N) is 1. The highest BCUT2D eigenvalue weighted by Gasteiger charge is 2.28. The lowest BCUT2D eigenvalue weighted by molar-refractivity contribution is 0.0692. The number of likely N-dealkylation sites (tertiary alicyclic amines) is 1. The summed E-state index contributed by atoms with van der Waals surface area (Å²) in [6.07, 6.45) is 5.58. The normalized spacial score (nSPS) is 23.7. The minimum atomic E-state index is 0.257. The van der Waals surface area contributed by atoms with Gasteiger partial charge in [-0.25, -0.2) is 0 Å². The minimum absolute atomic E-state index is 0.257. The fraction of sp³-hybridized carbons (Fsp3) is 0.688. The minimum Gasteiger partial charge on any atom is -0.339 e. The van der Waals surface area contributed by atoms with Gasteiger partial charge in [-0.15, -0.1) is 11.3 Å². The summed E-state index contributed by atoms with van der Waals surface area (Å²) in [6.45, 7) is 4.82. The van der Waals surface area contributed by atoms with Gasteiger partial charge in [-0.2, -0.15) is 0 Å². The molecule has 1 atom stereocenters. The highest BCUT2D eigenvalue weighted by atomic mass is 32.1. The molecule has 2 heterocycles. The predicted molar refractivity (Wildman–Crippen MR) is 83.2 cm³/mol. The molecule has 1 aromatic heterocycles. The maximum atomic E-state index is 12.7. The molecule has 2 N–H and O–H groups in total. The number of hydrogen-bond acceptors (Lipinski definition) is 3. The molecule has 1 amide bonds. The number of carbonyl (C=O) groups excluding carboxylic acids is 1. The Morgan fingerprint density at radius 3 is 2.85 bits per heavy atom. The van der Waals surface area contributed by atoms with Crippen LogP contribution in [0.1, 0.15) is 47.0 Å². The van der Waals surface area contributed by atoms with Gasteiger partial charge in [0.2, 0.25) is 0 Å². The molecule has 110 valence electrons. The second-order valence-corrected chi connectivity index (χ2v) is 7.33. The van der Waals surface area contributed by atoms with Crippen LogP contribution in [0.15, 0.2) is 5.38 Å². The van der Waals surface area contributed by atoms with E-state index in [1.54, 1.807) is 11.3 Å². The molecular weight excluding hydrogens is 268 g/mol. The van der Waals surface area contributed by atoms with Gasteiger partial charge in [0.05, 0.1) is 5.56 Å². The number of hydrogen-bond donors (Lipinski definition) is 1. The van der Waals surface area contributed by atoms with E-state index in [0.717, 1.165) is 56.8 Å². The van der Waals surface area contributed by atoms with E-state index >= 15 is 0 Å². The molecule has 1 aliphatic heterocycles. The average molecular weight is 292 g/mol. The molecule has 1 aromatic rings. The highest BCUT2D eigenvalue weighted by molar-refractivity contribution is 7.10. The number of carbonyl (C=O) groups is 1. The first-order chi connectivity index (χ1) is 9.69. The van der Waals surface area contributed by atoms with Crippen LogP contribution in [0.3, 0.4) is 0 Å². The van der Waals surface area contributed by atoms with E-state index < -0.39 is 0 Å². The van der Waals surface area contributed by atoms with E-state index in [1.807, 2.05) is 4.90 Å². The summed E-state index contributed by atoms with van der Waals surface area (Å²) in [5.74, 6) is 1.63. The van der Waals surface area contributed by atoms with E-state index in [4.69, 9.17) is 5.73 Å². The molecule has 2 aliphatic rings. The third kappa shape index (κ3) is 2.63. The van der Waals surface area contributed by atoms with E-state index in [2.05, 4.69) is 12.3 Å². The fourth-order valence-corrected chi connectivity index (χ4v) is 4.64. The van der Waals surface area contributed by atoms with E-state index in [-0.39, 0.29) is 5.91 Å². The van der Waals surface area contributed by atoms with Gasteiger partial charge in [0.1, 0.15) is 0 Å². The van der Waals surface area contributed by atoms with Crippen molar-refractivity contribution in [3.63, 3.8) is 0 Å². The van der Waals surface area contributed by atoms with Gasteiger partial charge in [-0.05, 0) is 56.0 Å². The largest absolute Gasteiger partial charge is 0.339 e. The molecule has 1 saturated heterocycles. The van der Waals surface area contributed by atoms with Gasteiger partial charge < -0.3 is 10.6 Å². The first-order valence-corrected chi connectivity index (χ1v) is 8.65. The van der Waals surface area contributed by atoms with E-state index in [1.165, 1.54) is 16.9 Å². The van der Waals surface area contributed by atoms with Crippen molar-refractivity contribution in [3.8, 4) is 0 Å². The van der Waals surface area contributed by atoms with Gasteiger partial charge in [-0.3, -0.25) is 4.79 Å². The standard InChI is InChI=1S/C16H24N2OS/c1-11-2-3-13-14(10-20-15(13)8-11)16(19)18-6-4-12(9-17)5-7-18/h10-12H,2-9,17H2,1H3. The Morgan fingerprint density at radius 2 is 2.15 bits per heavy atom. The van der Waals surface area contributed by atoms with Crippen LogP contribution >= 0.6 is 11.3 Å². The zero-order valence-electron chi connectivity index (χ0n) is 12.2. The predicted octanol–water partition coefficient (Wildman–Crippen LogP) is 2.68. The van der Waals surface area contributed by atoms with Gasteiger partial charge in [0.15, 0.2) is 0 Å². The SMILES string of the molecule is CC1CCc2c(C(=O)N3CCC(CN)CC3)csc2C1. The zero-order chi connectivity index (χ0) is 14.1. The van der Waals surface area contributed by atoms with Crippen molar-refractivity contribution < 1.29 is 4.79 Å². The van der Waals surface area contributed by atoms with Crippen molar-refractivity contribution >= 4 is 17.2 Å². The average Bonchev–Trinajstić information content (AvgIpc) is 2.89. The molecule has 4 heteroatoms. The second-order valence-electron chi connectivity index (χ2n) is 6.37. The van der Waals surface area contributed by atoms with Crippen LogP contribution in [-0.2, 0) is 12.8 Å². The Balaban J connectivity index is 1.72. The lowest BCUT2D eigenvalue weighted by Crippen LogP contribution is -2.40. The van der Waals surface area contributed by atoms with Crippen molar-refractivity contribution in [3.05, 3.63) is 21.4 Å². The zero-order valence-corrected chi connectivity index (χ0v) is 13.0. The first kappa shape index (κ1) is 14.1. The van der Waals surface area contributed by atoms with Crippen molar-refractivity contribution in [1.29, 1.82) is 0 Å². The Morgan fingerprint density at radius 1 is 1.40 bits per heavy atom. The summed E-state index contributed by atoms with van der Waals surface area (Å²) in [6, 6.07) is 0. The maximum Gasteiger partial charge on any atom is 0.254 e. The van der Waals surface area contributed by atoms with Crippen LogP contribution < -0.4 is 5.73 Å². The molecule has 0 bridgehead atoms. The van der Waals surface area contributed by atoms with Gasteiger partial charge in [0.25, 0.3) is 5.91 Å². The van der Waals surface area contributed by atoms with Crippen molar-refractivity contribution in [2.24, 2.45) is 17.6 Å². The summed E-state index contributed by atoms with van der Waals surface area (Å²) < 4.78 is 0. The lowest BCUT2D eigenvalue weighted by Gasteiger charge is -2.31. The summed E-state index contributed by atoms with van der Waals surface area (Å²) in [5.41, 5.74) is 8.06. The molecule has 1 fully saturated rings. The Bertz CT molecular complexity index is 489. The van der Waals surface area contributed by atoms with E-state index in [0.29, 0.717) is 5.92 Å². The smallest absolute Gasteiger partial charge is 0.254 e. The molecule has 3 nitrogen and oxygen atoms in total. The van der Waals surface area contributed by atoms with Crippen LogP contribution in [0, 0.1) is 11.8 Å². The first-order valence-electron chi connectivity index (χ1n) is 7.77. The number of rotatable bonds is 2. The van der Waals surface area contributed by atoms with Crippen molar-refractivity contribution in [2.45, 2.75) is 39.0 Å². The number of thiophene rings is 1. The number of amides is 1. The monoisotopic (exact) mass is 292 g/mol. The topological polar surface area (TPSA) is 46.3 Å². The summed E-state index contributed by atoms with van der Waals surface area (Å²) >= 11 is 1.79. The van der Waals surface area contributed by atoms with Crippen molar-refractivity contribution in [1.82, 2.24) is 4.90 Å². The van der Waals surface area contributed by atoms with Crippen LogP contribution in [0.5, 0.6) is 0 Å². The molecule has 1 aliphatic carbocycles. The number of piperidine rings is 1. The second kappa shape index (κ2) is 5.86. The molecule has 1 unspecified atom stereocenters. The third-order valence-corrected chi connectivity index (χ3v) is 5.92. The summed E-state index contributed by atoms with van der Waals surface area (Å²) in [4.78, 5) is 16.2. The molecule has 0 spiro atoms. The number of fused-ring (bicyclic) bond motifs is 1. The number of nitrogens with zero attached hydrogens (tertiary/aromatic N) is 1. The van der Waals surface area contributed by atoms with E-state index in [9.17, 15) is 4.79 Å². The van der Waals surface area contributed by atoms with Gasteiger partial charge in [-0.1, -0.05) is 6.92 Å². The Hall–Kier alpha value is -0.870. The lowest BCUT2D eigenvalue weighted by atomic mass is 9.88. The maximum absolute atomic E-state index is 12.7. The molecule has 0 radical (unpaired) electrons. The van der Waals surface area contributed by atoms with Crippen molar-refractivity contribution in [2.75, 3.05) is 19.6 Å². The summed E-state index contributed by atoms with van der Waals surface area (Å²) in [7, 11) is 0. The Kier molecular flexibility index (Phi) is 4.13.